The molecule has 3 aromatic carbocycles. The number of aromatic hydroxyl groups is 1. The van der Waals surface area contributed by atoms with E-state index in [9.17, 15) is 42.3 Å². The number of alkyl halides is 2. The Labute approximate surface area is 294 Å². The predicted molar refractivity (Wildman–Crippen MR) is 168 cm³/mol. The molecule has 4 amide bonds. The molecular formula is C34H20Cl3F5N2O6. The van der Waals surface area contributed by atoms with Gasteiger partial charge in [-0.3, -0.25) is 28.9 Å². The van der Waals surface area contributed by atoms with Crippen molar-refractivity contribution in [2.75, 3.05) is 9.80 Å². The lowest BCUT2D eigenvalue weighted by Crippen LogP contribution is -2.60. The third-order valence-electron chi connectivity index (χ3n) is 10.0. The third-order valence-corrected chi connectivity index (χ3v) is 11.8. The van der Waals surface area contributed by atoms with Gasteiger partial charge in [0.1, 0.15) is 11.4 Å². The van der Waals surface area contributed by atoms with Crippen LogP contribution in [0.2, 0.25) is 5.02 Å². The van der Waals surface area contributed by atoms with E-state index in [1.807, 2.05) is 0 Å². The van der Waals surface area contributed by atoms with Gasteiger partial charge in [-0.2, -0.15) is 0 Å². The Hall–Kier alpha value is -4.33. The average molecular weight is 754 g/mol. The first-order chi connectivity index (χ1) is 23.5. The maximum absolute atomic E-state index is 15.2. The number of hydrogen-bond acceptors (Lipinski definition) is 6. The van der Waals surface area contributed by atoms with Gasteiger partial charge in [-0.1, -0.05) is 29.3 Å². The highest BCUT2D eigenvalue weighted by molar-refractivity contribution is 6.58. The maximum atomic E-state index is 15.2. The van der Waals surface area contributed by atoms with Crippen LogP contribution in [0.4, 0.5) is 33.3 Å². The predicted octanol–water partition coefficient (Wildman–Crippen LogP) is 6.71. The fraction of sp³-hybridized carbons (Fsp3) is 0.265. The minimum Gasteiger partial charge on any atom is -0.508 e. The van der Waals surface area contributed by atoms with Crippen molar-refractivity contribution in [3.63, 3.8) is 0 Å². The van der Waals surface area contributed by atoms with Crippen molar-refractivity contribution in [2.45, 2.75) is 35.4 Å². The van der Waals surface area contributed by atoms with Gasteiger partial charge >= 0.3 is 0 Å². The van der Waals surface area contributed by atoms with Gasteiger partial charge in [0.25, 0.3) is 11.8 Å². The van der Waals surface area contributed by atoms with Crippen LogP contribution in [0.15, 0.2) is 54.1 Å². The normalized spacial score (nSPS) is 28.9. The number of amides is 4. The summed E-state index contributed by atoms with van der Waals surface area (Å²) in [5.74, 6) is -22.6. The largest absolute Gasteiger partial charge is 0.508 e. The number of imide groups is 2. The van der Waals surface area contributed by atoms with Crippen LogP contribution < -0.4 is 9.80 Å². The number of carbonyl (C=O) groups excluding carboxylic acids is 5. The van der Waals surface area contributed by atoms with Crippen molar-refractivity contribution in [3.05, 3.63) is 99.3 Å². The number of benzene rings is 3. The molecule has 6 unspecified atom stereocenters. The number of phenols is 1. The Bertz CT molecular complexity index is 2120. The summed E-state index contributed by atoms with van der Waals surface area (Å²) in [4.78, 5) is 63.5. The van der Waals surface area contributed by atoms with Crippen molar-refractivity contribution >= 4 is 75.6 Å². The highest BCUT2D eigenvalue weighted by atomic mass is 35.5. The SMILES string of the molecule is CC(=O)c1ccc(N2C(=O)C3CC=C4C(CC5(Cl)C(=O)N(c6c(F)c(F)c(F)c(F)c6F)C(=O)C5(Cl)C4c4ccc(O)cc4Cl)C3C2=O)cc1. The molecule has 0 bridgehead atoms. The van der Waals surface area contributed by atoms with Gasteiger partial charge in [0.05, 0.1) is 17.5 Å². The standard InChI is InChI=1S/C34H20Cl3F5N2O6/c1-12(45)13-2-4-14(5-3-13)43-29(47)18-9-8-16-19(21(18)30(43)48)11-33(36)31(49)44(28-26(41)24(39)23(38)25(40)27(28)42)32(50)34(33,37)22(16)17-7-6-15(46)10-20(17)35/h2-8,10,18-19,21-22,46H,9,11H2,1H3. The summed E-state index contributed by atoms with van der Waals surface area (Å²) in [6, 6.07) is 9.15. The molecule has 2 aliphatic heterocycles. The van der Waals surface area contributed by atoms with Gasteiger partial charge in [0.2, 0.25) is 17.6 Å². The van der Waals surface area contributed by atoms with Gasteiger partial charge in [-0.15, -0.1) is 23.2 Å². The lowest BCUT2D eigenvalue weighted by molar-refractivity contribution is -0.125. The molecule has 3 fully saturated rings. The molecule has 1 N–H and O–H groups in total. The molecule has 4 aliphatic rings. The quantitative estimate of drug-likeness (QED) is 0.0603. The molecule has 7 rings (SSSR count). The first-order valence-corrected chi connectivity index (χ1v) is 16.1. The summed E-state index contributed by atoms with van der Waals surface area (Å²) < 4.78 is 73.1. The summed E-state index contributed by atoms with van der Waals surface area (Å²) >= 11 is 20.7. The van der Waals surface area contributed by atoms with Crippen LogP contribution in [-0.2, 0) is 19.2 Å². The molecule has 2 saturated heterocycles. The second-order valence-corrected chi connectivity index (χ2v) is 14.2. The molecule has 50 heavy (non-hydrogen) atoms. The zero-order valence-electron chi connectivity index (χ0n) is 25.2. The van der Waals surface area contributed by atoms with E-state index in [-0.39, 0.29) is 44.7 Å². The van der Waals surface area contributed by atoms with Crippen LogP contribution in [0.5, 0.6) is 5.75 Å². The van der Waals surface area contributed by atoms with E-state index in [1.165, 1.54) is 43.3 Å². The van der Waals surface area contributed by atoms with Gasteiger partial charge in [-0.05, 0) is 67.6 Å². The summed E-state index contributed by atoms with van der Waals surface area (Å²) in [5, 5.41) is 9.87. The van der Waals surface area contributed by atoms with Crippen LogP contribution in [-0.4, -0.2) is 44.3 Å². The summed E-state index contributed by atoms with van der Waals surface area (Å²) in [7, 11) is 0. The average Bonchev–Trinajstić information content (AvgIpc) is 3.41. The topological polar surface area (TPSA) is 112 Å². The molecule has 0 radical (unpaired) electrons. The summed E-state index contributed by atoms with van der Waals surface area (Å²) in [6.07, 6.45) is 0.748. The van der Waals surface area contributed by atoms with Gasteiger partial charge in [-0.25, -0.2) is 26.9 Å². The van der Waals surface area contributed by atoms with E-state index in [1.54, 1.807) is 0 Å². The number of phenolic OH excluding ortho intramolecular Hbond substituents is 1. The number of allylic oxidation sites excluding steroid dienone is 2. The molecule has 258 valence electrons. The van der Waals surface area contributed by atoms with Crippen molar-refractivity contribution in [1.29, 1.82) is 0 Å². The van der Waals surface area contributed by atoms with Gasteiger partial charge < -0.3 is 5.11 Å². The molecule has 8 nitrogen and oxygen atoms in total. The molecule has 1 saturated carbocycles. The van der Waals surface area contributed by atoms with Crippen LogP contribution in [0, 0.1) is 46.8 Å². The van der Waals surface area contributed by atoms with Crippen molar-refractivity contribution < 1.29 is 51.0 Å². The fourth-order valence-corrected chi connectivity index (χ4v) is 8.97. The summed E-state index contributed by atoms with van der Waals surface area (Å²) in [5.41, 5.74) is -1.27. The van der Waals surface area contributed by atoms with E-state index in [0.29, 0.717) is 5.56 Å². The molecule has 2 heterocycles. The number of anilines is 2. The number of hydrogen-bond donors (Lipinski definition) is 1. The number of Topliss-reactive ketones (excluding diaryl/α,β-unsaturated/α-hetero) is 1. The minimum absolute atomic E-state index is 0.0345. The smallest absolute Gasteiger partial charge is 0.258 e. The Morgan fingerprint density at radius 1 is 0.820 bits per heavy atom. The van der Waals surface area contributed by atoms with E-state index < -0.39 is 98.2 Å². The Kier molecular flexibility index (Phi) is 7.74. The second-order valence-electron chi connectivity index (χ2n) is 12.5. The molecule has 3 aromatic rings. The molecule has 2 aliphatic carbocycles. The number of carbonyl (C=O) groups is 5. The number of rotatable bonds is 4. The minimum atomic E-state index is -2.75. The zero-order chi connectivity index (χ0) is 36.4. The van der Waals surface area contributed by atoms with Gasteiger partial charge in [0.15, 0.2) is 38.8 Å². The van der Waals surface area contributed by atoms with Crippen LogP contribution in [0.25, 0.3) is 0 Å². The Morgan fingerprint density at radius 3 is 2.00 bits per heavy atom. The molecular weight excluding hydrogens is 734 g/mol. The molecule has 0 spiro atoms. The Balaban J connectivity index is 1.41. The first kappa shape index (κ1) is 34.1. The third kappa shape index (κ3) is 4.32. The number of nitrogens with zero attached hydrogens (tertiary/aromatic N) is 2. The van der Waals surface area contributed by atoms with Crippen molar-refractivity contribution in [1.82, 2.24) is 0 Å². The lowest BCUT2D eigenvalue weighted by atomic mass is 9.56. The van der Waals surface area contributed by atoms with Crippen molar-refractivity contribution in [3.8, 4) is 5.75 Å². The van der Waals surface area contributed by atoms with Crippen LogP contribution >= 0.6 is 34.8 Å². The molecule has 0 aromatic heterocycles. The van der Waals surface area contributed by atoms with Gasteiger partial charge in [0, 0.05) is 16.5 Å². The summed E-state index contributed by atoms with van der Waals surface area (Å²) in [6.45, 7) is 1.34. The highest BCUT2D eigenvalue weighted by Gasteiger charge is 2.77. The van der Waals surface area contributed by atoms with E-state index in [2.05, 4.69) is 0 Å². The first-order valence-electron chi connectivity index (χ1n) is 14.9. The van der Waals surface area contributed by atoms with E-state index in [0.717, 1.165) is 17.0 Å². The second kappa shape index (κ2) is 11.3. The molecule has 16 heteroatoms. The zero-order valence-corrected chi connectivity index (χ0v) is 27.5. The Morgan fingerprint density at radius 2 is 1.42 bits per heavy atom. The van der Waals surface area contributed by atoms with Crippen LogP contribution in [0.1, 0.15) is 41.6 Å². The van der Waals surface area contributed by atoms with Crippen LogP contribution in [0.3, 0.4) is 0 Å². The number of ketones is 1. The highest BCUT2D eigenvalue weighted by Crippen LogP contribution is 2.66. The fourth-order valence-electron chi connectivity index (χ4n) is 7.76. The molecule has 6 atom stereocenters. The van der Waals surface area contributed by atoms with E-state index in [4.69, 9.17) is 34.8 Å². The lowest BCUT2D eigenvalue weighted by Gasteiger charge is -2.50. The maximum Gasteiger partial charge on any atom is 0.258 e. The van der Waals surface area contributed by atoms with E-state index >= 15 is 8.78 Å². The van der Waals surface area contributed by atoms with Crippen molar-refractivity contribution in [2.24, 2.45) is 17.8 Å². The monoisotopic (exact) mass is 752 g/mol. The number of halogens is 8. The number of fused-ring (bicyclic) bond motifs is 4.